The van der Waals surface area contributed by atoms with Gasteiger partial charge in [-0.2, -0.15) is 0 Å². The summed E-state index contributed by atoms with van der Waals surface area (Å²) in [5.41, 5.74) is -0.148. The van der Waals surface area contributed by atoms with Crippen LogP contribution in [0, 0.1) is 11.3 Å². The minimum Gasteiger partial charge on any atom is -0.490 e. The Bertz CT molecular complexity index is 707. The van der Waals surface area contributed by atoms with E-state index in [-0.39, 0.29) is 18.5 Å². The Hall–Kier alpha value is -2.28. The molecule has 28 heavy (non-hydrogen) atoms. The Morgan fingerprint density at radius 2 is 2.07 bits per heavy atom. The topological polar surface area (TPSA) is 82.1 Å². The molecule has 7 nitrogen and oxygen atoms in total. The number of urea groups is 1. The normalized spacial score (nSPS) is 23.7. The molecule has 0 unspecified atom stereocenters. The first kappa shape index (κ1) is 20.5. The minimum atomic E-state index is -0.773. The van der Waals surface area contributed by atoms with Crippen molar-refractivity contribution in [1.29, 1.82) is 0 Å². The largest absolute Gasteiger partial charge is 0.490 e. The molecule has 2 aliphatic rings. The highest BCUT2D eigenvalue weighted by atomic mass is 16.5. The average Bonchev–Trinajstić information content (AvgIpc) is 3.25. The van der Waals surface area contributed by atoms with Crippen molar-refractivity contribution in [2.75, 3.05) is 44.6 Å². The van der Waals surface area contributed by atoms with E-state index in [2.05, 4.69) is 24.1 Å². The lowest BCUT2D eigenvalue weighted by Crippen LogP contribution is -2.38. The molecular formula is C21H31N3O4. The van der Waals surface area contributed by atoms with Crippen LogP contribution in [0.1, 0.15) is 33.1 Å². The molecule has 2 N–H and O–H groups in total. The fourth-order valence-electron chi connectivity index (χ4n) is 4.51. The van der Waals surface area contributed by atoms with Crippen molar-refractivity contribution >= 4 is 17.7 Å². The minimum absolute atomic E-state index is 0.0521. The summed E-state index contributed by atoms with van der Waals surface area (Å²) in [6, 6.07) is 7.13. The van der Waals surface area contributed by atoms with E-state index in [9.17, 15) is 14.7 Å². The van der Waals surface area contributed by atoms with Crippen molar-refractivity contribution in [3.63, 3.8) is 0 Å². The molecule has 154 valence electrons. The van der Waals surface area contributed by atoms with Crippen molar-refractivity contribution in [2.45, 2.75) is 33.1 Å². The molecule has 1 saturated heterocycles. The number of ether oxygens (including phenoxy) is 1. The molecule has 1 heterocycles. The van der Waals surface area contributed by atoms with Gasteiger partial charge in [0.05, 0.1) is 11.1 Å². The number of carboxylic acid groups (broad SMARTS) is 1. The van der Waals surface area contributed by atoms with Crippen molar-refractivity contribution in [1.82, 2.24) is 9.80 Å². The number of carbonyl (C=O) groups excluding carboxylic acids is 1. The summed E-state index contributed by atoms with van der Waals surface area (Å²) in [5.74, 6) is -0.0860. The molecule has 2 fully saturated rings. The number of rotatable bonds is 8. The second-order valence-corrected chi connectivity index (χ2v) is 7.73. The molecule has 1 aromatic carbocycles. The quantitative estimate of drug-likeness (QED) is 0.714. The number of aliphatic carboxylic acids is 1. The maximum atomic E-state index is 12.8. The van der Waals surface area contributed by atoms with Crippen molar-refractivity contribution in [3.8, 4) is 5.75 Å². The van der Waals surface area contributed by atoms with Gasteiger partial charge in [-0.05, 0) is 44.0 Å². The van der Waals surface area contributed by atoms with Crippen LogP contribution in [0.15, 0.2) is 24.3 Å². The maximum absolute atomic E-state index is 12.8. The van der Waals surface area contributed by atoms with E-state index in [1.165, 1.54) is 0 Å². The number of fused-ring (bicyclic) bond motifs is 1. The molecule has 0 radical (unpaired) electrons. The Morgan fingerprint density at radius 1 is 1.32 bits per heavy atom. The highest BCUT2D eigenvalue weighted by Gasteiger charge is 2.55. The summed E-state index contributed by atoms with van der Waals surface area (Å²) in [4.78, 5) is 28.5. The van der Waals surface area contributed by atoms with Crippen LogP contribution in [0.2, 0.25) is 0 Å². The number of hydrogen-bond acceptors (Lipinski definition) is 4. The van der Waals surface area contributed by atoms with E-state index in [1.54, 1.807) is 4.90 Å². The first-order valence-corrected chi connectivity index (χ1v) is 10.2. The summed E-state index contributed by atoms with van der Waals surface area (Å²) in [6.45, 7) is 8.33. The van der Waals surface area contributed by atoms with Gasteiger partial charge < -0.3 is 25.0 Å². The number of nitrogens with one attached hydrogen (secondary N) is 1. The maximum Gasteiger partial charge on any atom is 0.321 e. The van der Waals surface area contributed by atoms with Gasteiger partial charge in [0.2, 0.25) is 0 Å². The number of anilines is 1. The highest BCUT2D eigenvalue weighted by Crippen LogP contribution is 2.49. The van der Waals surface area contributed by atoms with Gasteiger partial charge in [0.1, 0.15) is 12.4 Å². The number of benzene rings is 1. The van der Waals surface area contributed by atoms with Gasteiger partial charge in [-0.1, -0.05) is 32.4 Å². The molecule has 0 bridgehead atoms. The number of amides is 2. The molecule has 7 heteroatoms. The van der Waals surface area contributed by atoms with E-state index >= 15 is 0 Å². The fourth-order valence-corrected chi connectivity index (χ4v) is 4.51. The number of likely N-dealkylation sites (tertiary alicyclic amines) is 1. The zero-order chi connectivity index (χ0) is 20.1. The summed E-state index contributed by atoms with van der Waals surface area (Å²) in [6.07, 6.45) is 2.46. The van der Waals surface area contributed by atoms with Gasteiger partial charge in [0, 0.05) is 19.6 Å². The number of hydrogen-bond donors (Lipinski definition) is 2. The SMILES string of the molecule is CCN(CC)CCOc1ccccc1NC(=O)N1C[C@@H]2CCC[C@@]2(C(=O)O)C1. The molecule has 2 amide bonds. The first-order valence-electron chi connectivity index (χ1n) is 10.2. The van der Waals surface area contributed by atoms with E-state index < -0.39 is 11.4 Å². The summed E-state index contributed by atoms with van der Waals surface area (Å²) in [5, 5.41) is 12.6. The predicted octanol–water partition coefficient (Wildman–Crippen LogP) is 3.13. The second kappa shape index (κ2) is 8.82. The molecule has 1 aromatic rings. The Kier molecular flexibility index (Phi) is 6.44. The fraction of sp³-hybridized carbons (Fsp3) is 0.619. The third-order valence-electron chi connectivity index (χ3n) is 6.27. The van der Waals surface area contributed by atoms with Gasteiger partial charge in [-0.25, -0.2) is 4.79 Å². The third-order valence-corrected chi connectivity index (χ3v) is 6.27. The van der Waals surface area contributed by atoms with Crippen LogP contribution in [0.4, 0.5) is 10.5 Å². The summed E-state index contributed by atoms with van der Waals surface area (Å²) in [7, 11) is 0. The smallest absolute Gasteiger partial charge is 0.321 e. The standard InChI is InChI=1S/C21H31N3O4/c1-3-23(4-2)12-13-28-18-10-6-5-9-17(18)22-20(27)24-14-16-8-7-11-21(16,15-24)19(25)26/h5-6,9-10,16H,3-4,7-8,11-15H2,1-2H3,(H,22,27)(H,25,26)/t16-,21+/m0/s1. The highest BCUT2D eigenvalue weighted by molar-refractivity contribution is 5.92. The lowest BCUT2D eigenvalue weighted by Gasteiger charge is -2.23. The van der Waals surface area contributed by atoms with Crippen LogP contribution < -0.4 is 10.1 Å². The van der Waals surface area contributed by atoms with E-state index in [1.807, 2.05) is 24.3 Å². The molecule has 2 atom stereocenters. The Morgan fingerprint density at radius 3 is 2.75 bits per heavy atom. The van der Waals surface area contributed by atoms with Crippen molar-refractivity contribution in [2.24, 2.45) is 11.3 Å². The predicted molar refractivity (Wildman–Crippen MR) is 108 cm³/mol. The lowest BCUT2D eigenvalue weighted by molar-refractivity contribution is -0.149. The van der Waals surface area contributed by atoms with Gasteiger partial charge in [-0.15, -0.1) is 0 Å². The number of nitrogens with zero attached hydrogens (tertiary/aromatic N) is 2. The number of para-hydroxylation sites is 2. The molecule has 0 aromatic heterocycles. The molecule has 1 saturated carbocycles. The molecular weight excluding hydrogens is 358 g/mol. The zero-order valence-corrected chi connectivity index (χ0v) is 16.8. The second-order valence-electron chi connectivity index (χ2n) is 7.73. The van der Waals surface area contributed by atoms with Crippen molar-refractivity contribution < 1.29 is 19.4 Å². The van der Waals surface area contributed by atoms with Crippen LogP contribution >= 0.6 is 0 Å². The van der Waals surface area contributed by atoms with Crippen LogP contribution in [-0.4, -0.2) is 66.2 Å². The van der Waals surface area contributed by atoms with Gasteiger partial charge in [0.15, 0.2) is 0 Å². The van der Waals surface area contributed by atoms with Gasteiger partial charge >= 0.3 is 12.0 Å². The van der Waals surface area contributed by atoms with Crippen molar-refractivity contribution in [3.05, 3.63) is 24.3 Å². The molecule has 3 rings (SSSR count). The van der Waals surface area contributed by atoms with Crippen LogP contribution in [0.25, 0.3) is 0 Å². The summed E-state index contributed by atoms with van der Waals surface area (Å²) < 4.78 is 5.90. The molecule has 0 spiro atoms. The number of likely N-dealkylation sites (N-methyl/N-ethyl adjacent to an activating group) is 1. The zero-order valence-electron chi connectivity index (χ0n) is 16.8. The summed E-state index contributed by atoms with van der Waals surface area (Å²) >= 11 is 0. The average molecular weight is 389 g/mol. The van der Waals surface area contributed by atoms with Gasteiger partial charge in [-0.3, -0.25) is 4.79 Å². The van der Waals surface area contributed by atoms with Crippen LogP contribution in [-0.2, 0) is 4.79 Å². The van der Waals surface area contributed by atoms with Crippen LogP contribution in [0.5, 0.6) is 5.75 Å². The first-order chi connectivity index (χ1) is 13.5. The Balaban J connectivity index is 1.61. The Labute approximate surface area is 166 Å². The third kappa shape index (κ3) is 4.09. The molecule has 1 aliphatic heterocycles. The van der Waals surface area contributed by atoms with Gasteiger partial charge in [0.25, 0.3) is 0 Å². The van der Waals surface area contributed by atoms with E-state index in [4.69, 9.17) is 4.74 Å². The van der Waals surface area contributed by atoms with Crippen LogP contribution in [0.3, 0.4) is 0 Å². The number of carbonyl (C=O) groups is 2. The number of carboxylic acids is 1. The molecule has 1 aliphatic carbocycles. The lowest BCUT2D eigenvalue weighted by atomic mass is 9.81. The monoisotopic (exact) mass is 389 g/mol. The van der Waals surface area contributed by atoms with E-state index in [0.717, 1.165) is 32.5 Å². The van der Waals surface area contributed by atoms with E-state index in [0.29, 0.717) is 31.0 Å².